The molecule has 2 rings (SSSR count). The second-order valence-corrected chi connectivity index (χ2v) is 4.82. The molecule has 0 aromatic heterocycles. The Balaban J connectivity index is 0.00000162. The van der Waals surface area contributed by atoms with Gasteiger partial charge in [-0.3, -0.25) is 0 Å². The number of benzene rings is 2. The summed E-state index contributed by atoms with van der Waals surface area (Å²) in [5.74, 6) is 0. The standard InChI is InChI=1S/C13H12NO2P.H2O/c14-13(10-4-2-1-3-5-10)11-6-8-12(9-7-11)17(15)16;/h1-9,13H,14H2;1H2/p+1. The van der Waals surface area contributed by atoms with Crippen LogP contribution in [0.15, 0.2) is 54.6 Å². The van der Waals surface area contributed by atoms with E-state index in [1.54, 1.807) is 24.3 Å². The molecule has 0 saturated heterocycles. The summed E-state index contributed by atoms with van der Waals surface area (Å²) >= 11 is 0. The third kappa shape index (κ3) is 3.22. The zero-order valence-electron chi connectivity index (χ0n) is 9.65. The first kappa shape index (κ1) is 14.5. The minimum atomic E-state index is -2.27. The lowest BCUT2D eigenvalue weighted by molar-refractivity contribution is 0.513. The van der Waals surface area contributed by atoms with Crippen LogP contribution in [0.3, 0.4) is 0 Å². The Morgan fingerprint density at radius 1 is 0.944 bits per heavy atom. The van der Waals surface area contributed by atoms with E-state index < -0.39 is 8.03 Å². The van der Waals surface area contributed by atoms with E-state index in [9.17, 15) is 4.57 Å². The van der Waals surface area contributed by atoms with E-state index in [0.29, 0.717) is 5.30 Å². The van der Waals surface area contributed by atoms with Gasteiger partial charge in [0.15, 0.2) is 0 Å². The molecule has 0 heterocycles. The van der Waals surface area contributed by atoms with E-state index >= 15 is 0 Å². The van der Waals surface area contributed by atoms with Crippen LogP contribution < -0.4 is 11.0 Å². The summed E-state index contributed by atoms with van der Waals surface area (Å²) in [4.78, 5) is 8.95. The molecule has 0 aliphatic heterocycles. The fourth-order valence-corrected chi connectivity index (χ4v) is 2.07. The third-order valence-corrected chi connectivity index (χ3v) is 3.37. The Morgan fingerprint density at radius 3 is 1.94 bits per heavy atom. The molecular formula is C13H15NO3P+. The molecule has 2 atom stereocenters. The lowest BCUT2D eigenvalue weighted by Crippen LogP contribution is -2.12. The average molecular weight is 264 g/mol. The van der Waals surface area contributed by atoms with E-state index in [-0.39, 0.29) is 11.5 Å². The number of hydrogen-bond acceptors (Lipinski definition) is 2. The van der Waals surface area contributed by atoms with Crippen LogP contribution in [0.5, 0.6) is 0 Å². The monoisotopic (exact) mass is 264 g/mol. The fraction of sp³-hybridized carbons (Fsp3) is 0.0769. The molecule has 2 aromatic rings. The molecule has 18 heavy (non-hydrogen) atoms. The minimum Gasteiger partial charge on any atom is -0.412 e. The molecule has 2 aromatic carbocycles. The highest BCUT2D eigenvalue weighted by atomic mass is 31.1. The van der Waals surface area contributed by atoms with Gasteiger partial charge in [-0.15, -0.1) is 0 Å². The predicted octanol–water partition coefficient (Wildman–Crippen LogP) is 1.27. The second-order valence-electron chi connectivity index (χ2n) is 3.75. The van der Waals surface area contributed by atoms with Gasteiger partial charge in [-0.25, -0.2) is 0 Å². The first-order valence-corrected chi connectivity index (χ1v) is 6.46. The van der Waals surface area contributed by atoms with E-state index in [1.165, 1.54) is 0 Å². The van der Waals surface area contributed by atoms with E-state index in [4.69, 9.17) is 10.6 Å². The third-order valence-electron chi connectivity index (χ3n) is 2.63. The van der Waals surface area contributed by atoms with Crippen LogP contribution in [-0.2, 0) is 4.57 Å². The van der Waals surface area contributed by atoms with Crippen molar-refractivity contribution in [3.8, 4) is 0 Å². The molecule has 5 N–H and O–H groups in total. The zero-order chi connectivity index (χ0) is 12.3. The Bertz CT molecular complexity index is 514. The molecule has 4 nitrogen and oxygen atoms in total. The van der Waals surface area contributed by atoms with Crippen LogP contribution in [0.4, 0.5) is 0 Å². The topological polar surface area (TPSA) is 94.8 Å². The van der Waals surface area contributed by atoms with Crippen LogP contribution in [-0.4, -0.2) is 10.4 Å². The summed E-state index contributed by atoms with van der Waals surface area (Å²) in [5, 5.41) is 0.420. The summed E-state index contributed by atoms with van der Waals surface area (Å²) < 4.78 is 10.9. The number of hydrogen-bond donors (Lipinski definition) is 2. The van der Waals surface area contributed by atoms with Crippen molar-refractivity contribution in [2.45, 2.75) is 6.04 Å². The van der Waals surface area contributed by atoms with Crippen molar-refractivity contribution in [1.29, 1.82) is 0 Å². The maximum absolute atomic E-state index is 10.9. The highest BCUT2D eigenvalue weighted by Crippen LogP contribution is 2.20. The molecule has 0 bridgehead atoms. The van der Waals surface area contributed by atoms with Gasteiger partial charge >= 0.3 is 8.03 Å². The molecule has 0 aliphatic rings. The van der Waals surface area contributed by atoms with Crippen molar-refractivity contribution >= 4 is 13.3 Å². The lowest BCUT2D eigenvalue weighted by atomic mass is 10.00. The van der Waals surface area contributed by atoms with Gasteiger partial charge in [-0.05, 0) is 27.8 Å². The predicted molar refractivity (Wildman–Crippen MR) is 72.0 cm³/mol. The van der Waals surface area contributed by atoms with Crippen molar-refractivity contribution in [3.63, 3.8) is 0 Å². The van der Waals surface area contributed by atoms with Gasteiger partial charge in [0.05, 0.1) is 6.04 Å². The molecule has 0 saturated carbocycles. The van der Waals surface area contributed by atoms with Gasteiger partial charge in [0, 0.05) is 0 Å². The van der Waals surface area contributed by atoms with E-state index in [1.807, 2.05) is 30.3 Å². The Kier molecular flexibility index (Phi) is 5.13. The summed E-state index contributed by atoms with van der Waals surface area (Å²) in [6.07, 6.45) is 0. The molecule has 0 fully saturated rings. The van der Waals surface area contributed by atoms with Crippen molar-refractivity contribution in [3.05, 3.63) is 65.7 Å². The van der Waals surface area contributed by atoms with Gasteiger partial charge in [-0.2, -0.15) is 4.89 Å². The summed E-state index contributed by atoms with van der Waals surface area (Å²) in [6.45, 7) is 0. The van der Waals surface area contributed by atoms with E-state index in [0.717, 1.165) is 11.1 Å². The van der Waals surface area contributed by atoms with Crippen LogP contribution in [0, 0.1) is 0 Å². The van der Waals surface area contributed by atoms with Crippen LogP contribution in [0.2, 0.25) is 0 Å². The average Bonchev–Trinajstić information content (AvgIpc) is 2.39. The normalized spacial score (nSPS) is 12.4. The maximum atomic E-state index is 10.9. The van der Waals surface area contributed by atoms with Crippen molar-refractivity contribution in [1.82, 2.24) is 0 Å². The smallest absolute Gasteiger partial charge is 0.412 e. The molecule has 0 spiro atoms. The fourth-order valence-electron chi connectivity index (χ4n) is 1.66. The van der Waals surface area contributed by atoms with Gasteiger partial charge < -0.3 is 11.2 Å². The molecule has 94 valence electrons. The molecule has 0 amide bonds. The van der Waals surface area contributed by atoms with Crippen molar-refractivity contribution < 1.29 is 14.9 Å². The minimum absolute atomic E-state index is 0. The largest absolute Gasteiger partial charge is 0.546 e. The van der Waals surface area contributed by atoms with Gasteiger partial charge in [-0.1, -0.05) is 42.5 Å². The highest BCUT2D eigenvalue weighted by molar-refractivity contribution is 7.47. The summed E-state index contributed by atoms with van der Waals surface area (Å²) in [6, 6.07) is 16.4. The van der Waals surface area contributed by atoms with Crippen molar-refractivity contribution in [2.24, 2.45) is 5.73 Å². The summed E-state index contributed by atoms with van der Waals surface area (Å²) in [7, 11) is -2.27. The van der Waals surface area contributed by atoms with Gasteiger partial charge in [0.2, 0.25) is 5.30 Å². The number of rotatable bonds is 3. The molecular weight excluding hydrogens is 249 g/mol. The highest BCUT2D eigenvalue weighted by Gasteiger charge is 2.16. The molecule has 5 heteroatoms. The van der Waals surface area contributed by atoms with E-state index in [2.05, 4.69) is 0 Å². The van der Waals surface area contributed by atoms with Gasteiger partial charge in [0.1, 0.15) is 0 Å². The number of nitrogens with two attached hydrogens (primary N) is 1. The second kappa shape index (κ2) is 6.38. The first-order chi connectivity index (χ1) is 8.18. The Labute approximate surface area is 106 Å². The Morgan fingerprint density at radius 2 is 1.44 bits per heavy atom. The van der Waals surface area contributed by atoms with Crippen LogP contribution >= 0.6 is 8.03 Å². The maximum Gasteiger partial charge on any atom is 0.546 e. The Hall–Kier alpha value is -1.58. The zero-order valence-corrected chi connectivity index (χ0v) is 10.5. The first-order valence-electron chi connectivity index (χ1n) is 5.25. The molecule has 0 aliphatic carbocycles. The lowest BCUT2D eigenvalue weighted by Gasteiger charge is -2.11. The molecule has 2 unspecified atom stereocenters. The summed E-state index contributed by atoms with van der Waals surface area (Å²) in [5.41, 5.74) is 8.06. The quantitative estimate of drug-likeness (QED) is 0.817. The van der Waals surface area contributed by atoms with Gasteiger partial charge in [0.25, 0.3) is 0 Å². The molecule has 0 radical (unpaired) electrons. The van der Waals surface area contributed by atoms with Crippen LogP contribution in [0.25, 0.3) is 0 Å². The SMILES string of the molecule is NC(c1ccccc1)c1ccc([P+](=O)O)cc1.O. The van der Waals surface area contributed by atoms with Crippen LogP contribution in [0.1, 0.15) is 17.2 Å². The van der Waals surface area contributed by atoms with Crippen molar-refractivity contribution in [2.75, 3.05) is 0 Å².